The molecular formula is C15H24ClN3. The lowest BCUT2D eigenvalue weighted by molar-refractivity contribution is 0.263. The van der Waals surface area contributed by atoms with E-state index in [0.717, 1.165) is 30.1 Å². The first-order valence-electron chi connectivity index (χ1n) is 6.96. The van der Waals surface area contributed by atoms with Crippen molar-refractivity contribution in [2.45, 2.75) is 24.9 Å². The Hall–Kier alpha value is -0.610. The molecule has 0 aromatic heterocycles. The predicted octanol–water partition coefficient (Wildman–Crippen LogP) is 2.37. The zero-order valence-electron chi connectivity index (χ0n) is 11.8. The summed E-state index contributed by atoms with van der Waals surface area (Å²) in [6, 6.07) is 8.61. The van der Waals surface area contributed by atoms with Crippen molar-refractivity contribution in [1.82, 2.24) is 9.80 Å². The Morgan fingerprint density at radius 1 is 1.42 bits per heavy atom. The van der Waals surface area contributed by atoms with Crippen LogP contribution in [0.5, 0.6) is 0 Å². The standard InChI is InChI=1S/C15H24ClN3/c1-18(2)12-7-9-19(11-12)10-8-15(17)13-5-3-4-6-14(13)16/h3-6,12,15H,7-11,17H2,1-2H3. The van der Waals surface area contributed by atoms with E-state index in [0.29, 0.717) is 6.04 Å². The van der Waals surface area contributed by atoms with Crippen molar-refractivity contribution in [2.75, 3.05) is 33.7 Å². The van der Waals surface area contributed by atoms with Gasteiger partial charge >= 0.3 is 0 Å². The lowest BCUT2D eigenvalue weighted by Crippen LogP contribution is -2.32. The number of nitrogens with zero attached hydrogens (tertiary/aromatic N) is 2. The van der Waals surface area contributed by atoms with E-state index >= 15 is 0 Å². The molecule has 2 N–H and O–H groups in total. The highest BCUT2D eigenvalue weighted by atomic mass is 35.5. The summed E-state index contributed by atoms with van der Waals surface area (Å²) in [5.74, 6) is 0. The Morgan fingerprint density at radius 3 is 2.79 bits per heavy atom. The van der Waals surface area contributed by atoms with Gasteiger partial charge in [0.25, 0.3) is 0 Å². The lowest BCUT2D eigenvalue weighted by Gasteiger charge is -2.22. The number of nitrogens with two attached hydrogens (primary N) is 1. The summed E-state index contributed by atoms with van der Waals surface area (Å²) in [5, 5.41) is 0.780. The summed E-state index contributed by atoms with van der Waals surface area (Å²) in [7, 11) is 4.31. The molecule has 1 fully saturated rings. The van der Waals surface area contributed by atoms with Gasteiger partial charge in [0.2, 0.25) is 0 Å². The highest BCUT2D eigenvalue weighted by molar-refractivity contribution is 6.31. The summed E-state index contributed by atoms with van der Waals surface area (Å²) in [6.07, 6.45) is 2.22. The molecule has 0 spiro atoms. The molecule has 1 saturated heterocycles. The molecule has 1 aliphatic heterocycles. The Labute approximate surface area is 121 Å². The van der Waals surface area contributed by atoms with E-state index in [9.17, 15) is 0 Å². The van der Waals surface area contributed by atoms with Gasteiger partial charge in [-0.15, -0.1) is 0 Å². The van der Waals surface area contributed by atoms with E-state index in [4.69, 9.17) is 17.3 Å². The third-order valence-corrected chi connectivity index (χ3v) is 4.38. The fourth-order valence-electron chi connectivity index (χ4n) is 2.69. The monoisotopic (exact) mass is 281 g/mol. The van der Waals surface area contributed by atoms with Crippen LogP contribution in [0.4, 0.5) is 0 Å². The first-order valence-corrected chi connectivity index (χ1v) is 7.34. The molecule has 1 heterocycles. The van der Waals surface area contributed by atoms with Gasteiger partial charge in [-0.3, -0.25) is 0 Å². The molecule has 0 bridgehead atoms. The summed E-state index contributed by atoms with van der Waals surface area (Å²) >= 11 is 6.18. The van der Waals surface area contributed by atoms with Gasteiger partial charge in [-0.05, 0) is 45.1 Å². The molecule has 0 radical (unpaired) electrons. The quantitative estimate of drug-likeness (QED) is 0.899. The molecule has 1 aliphatic rings. The SMILES string of the molecule is CN(C)C1CCN(CCC(N)c2ccccc2Cl)C1. The van der Waals surface area contributed by atoms with Crippen molar-refractivity contribution in [2.24, 2.45) is 5.73 Å². The molecule has 0 saturated carbocycles. The number of likely N-dealkylation sites (tertiary alicyclic amines) is 1. The number of hydrogen-bond acceptors (Lipinski definition) is 3. The van der Waals surface area contributed by atoms with Gasteiger partial charge in [0.15, 0.2) is 0 Å². The van der Waals surface area contributed by atoms with Crippen molar-refractivity contribution in [3.8, 4) is 0 Å². The van der Waals surface area contributed by atoms with Gasteiger partial charge in [0, 0.05) is 30.2 Å². The van der Waals surface area contributed by atoms with Crippen molar-refractivity contribution in [3.63, 3.8) is 0 Å². The minimum atomic E-state index is 0.0344. The third kappa shape index (κ3) is 3.93. The van der Waals surface area contributed by atoms with E-state index in [-0.39, 0.29) is 6.04 Å². The third-order valence-electron chi connectivity index (χ3n) is 4.04. The normalized spacial score (nSPS) is 22.1. The molecule has 2 unspecified atom stereocenters. The molecule has 2 rings (SSSR count). The van der Waals surface area contributed by atoms with Crippen molar-refractivity contribution >= 4 is 11.6 Å². The second-order valence-electron chi connectivity index (χ2n) is 5.62. The minimum Gasteiger partial charge on any atom is -0.324 e. The molecule has 0 amide bonds. The maximum absolute atomic E-state index is 6.25. The van der Waals surface area contributed by atoms with Crippen LogP contribution in [0.1, 0.15) is 24.4 Å². The smallest absolute Gasteiger partial charge is 0.0453 e. The summed E-state index contributed by atoms with van der Waals surface area (Å²) in [4.78, 5) is 4.81. The fraction of sp³-hybridized carbons (Fsp3) is 0.600. The van der Waals surface area contributed by atoms with E-state index in [2.05, 4.69) is 23.9 Å². The second-order valence-corrected chi connectivity index (χ2v) is 6.03. The Morgan fingerprint density at radius 2 is 2.16 bits per heavy atom. The molecule has 3 nitrogen and oxygen atoms in total. The Kier molecular flexibility index (Phi) is 5.22. The summed E-state index contributed by atoms with van der Waals surface area (Å²) in [5.41, 5.74) is 7.31. The summed E-state index contributed by atoms with van der Waals surface area (Å²) in [6.45, 7) is 3.39. The maximum atomic E-state index is 6.25. The fourth-order valence-corrected chi connectivity index (χ4v) is 2.97. The number of benzene rings is 1. The topological polar surface area (TPSA) is 32.5 Å². The van der Waals surface area contributed by atoms with Crippen LogP contribution >= 0.6 is 11.6 Å². The summed E-state index contributed by atoms with van der Waals surface area (Å²) < 4.78 is 0. The largest absolute Gasteiger partial charge is 0.324 e. The van der Waals surface area contributed by atoms with Crippen LogP contribution in [-0.4, -0.2) is 49.6 Å². The van der Waals surface area contributed by atoms with Crippen molar-refractivity contribution < 1.29 is 0 Å². The lowest BCUT2D eigenvalue weighted by atomic mass is 10.0. The van der Waals surface area contributed by atoms with Crippen molar-refractivity contribution in [3.05, 3.63) is 34.9 Å². The molecule has 2 atom stereocenters. The average Bonchev–Trinajstić information content (AvgIpc) is 2.85. The average molecular weight is 282 g/mol. The van der Waals surface area contributed by atoms with Crippen LogP contribution in [0, 0.1) is 0 Å². The van der Waals surface area contributed by atoms with Gasteiger partial charge in [0.05, 0.1) is 0 Å². The van der Waals surface area contributed by atoms with Crippen molar-refractivity contribution in [1.29, 1.82) is 0 Å². The van der Waals surface area contributed by atoms with Crippen LogP contribution in [-0.2, 0) is 0 Å². The van der Waals surface area contributed by atoms with Gasteiger partial charge < -0.3 is 15.5 Å². The van der Waals surface area contributed by atoms with E-state index in [1.165, 1.54) is 13.0 Å². The Bertz CT molecular complexity index is 408. The molecule has 4 heteroatoms. The zero-order valence-corrected chi connectivity index (χ0v) is 12.6. The van der Waals surface area contributed by atoms with Gasteiger partial charge in [0.1, 0.15) is 0 Å². The molecule has 1 aromatic rings. The first-order chi connectivity index (χ1) is 9.08. The van der Waals surface area contributed by atoms with Crippen LogP contribution in [0.15, 0.2) is 24.3 Å². The zero-order chi connectivity index (χ0) is 13.8. The van der Waals surface area contributed by atoms with Gasteiger partial charge in [-0.25, -0.2) is 0 Å². The van der Waals surface area contributed by atoms with E-state index < -0.39 is 0 Å². The number of rotatable bonds is 5. The van der Waals surface area contributed by atoms with Gasteiger partial charge in [-0.2, -0.15) is 0 Å². The minimum absolute atomic E-state index is 0.0344. The van der Waals surface area contributed by atoms with Gasteiger partial charge in [-0.1, -0.05) is 29.8 Å². The highest BCUT2D eigenvalue weighted by Crippen LogP contribution is 2.24. The molecular weight excluding hydrogens is 258 g/mol. The molecule has 19 heavy (non-hydrogen) atoms. The van der Waals surface area contributed by atoms with Crippen LogP contribution in [0.25, 0.3) is 0 Å². The number of likely N-dealkylation sites (N-methyl/N-ethyl adjacent to an activating group) is 1. The van der Waals surface area contributed by atoms with Crippen LogP contribution < -0.4 is 5.73 Å². The maximum Gasteiger partial charge on any atom is 0.0453 e. The Balaban J connectivity index is 1.82. The van der Waals surface area contributed by atoms with E-state index in [1.807, 2.05) is 24.3 Å². The number of hydrogen-bond donors (Lipinski definition) is 1. The molecule has 0 aliphatic carbocycles. The van der Waals surface area contributed by atoms with Crippen LogP contribution in [0.2, 0.25) is 5.02 Å². The molecule has 1 aromatic carbocycles. The van der Waals surface area contributed by atoms with E-state index in [1.54, 1.807) is 0 Å². The highest BCUT2D eigenvalue weighted by Gasteiger charge is 2.24. The predicted molar refractivity (Wildman–Crippen MR) is 81.5 cm³/mol. The molecule has 106 valence electrons. The first kappa shape index (κ1) is 14.8. The second kappa shape index (κ2) is 6.71. The number of halogens is 1. The van der Waals surface area contributed by atoms with Crippen LogP contribution in [0.3, 0.4) is 0 Å².